The average molecular weight is 340 g/mol. The highest BCUT2D eigenvalue weighted by molar-refractivity contribution is 5.84. The minimum atomic E-state index is -0.457. The molecule has 0 aromatic heterocycles. The Morgan fingerprint density at radius 2 is 1.72 bits per heavy atom. The molecule has 1 heterocycles. The zero-order valence-electron chi connectivity index (χ0n) is 14.2. The van der Waals surface area contributed by atoms with Crippen molar-refractivity contribution in [1.82, 2.24) is 4.90 Å². The van der Waals surface area contributed by atoms with Crippen LogP contribution in [0.1, 0.15) is 24.0 Å². The molecule has 132 valence electrons. The van der Waals surface area contributed by atoms with Crippen LogP contribution in [0.2, 0.25) is 0 Å². The molecule has 1 amide bonds. The molecule has 25 heavy (non-hydrogen) atoms. The van der Waals surface area contributed by atoms with E-state index in [1.54, 1.807) is 0 Å². The zero-order chi connectivity index (χ0) is 17.5. The molecule has 1 fully saturated rings. The fraction of sp³-hybridized carbons (Fsp3) is 0.350. The van der Waals surface area contributed by atoms with E-state index < -0.39 is 6.09 Å². The van der Waals surface area contributed by atoms with Gasteiger partial charge in [-0.2, -0.15) is 0 Å². The SMILES string of the molecule is O=C(Nc1ccc(CN2CCC(O)CC2)cc1)OCc1ccccc1. The summed E-state index contributed by atoms with van der Waals surface area (Å²) in [6, 6.07) is 17.4. The van der Waals surface area contributed by atoms with Crippen LogP contribution < -0.4 is 5.32 Å². The van der Waals surface area contributed by atoms with Gasteiger partial charge in [-0.15, -0.1) is 0 Å². The minimum Gasteiger partial charge on any atom is -0.444 e. The summed E-state index contributed by atoms with van der Waals surface area (Å²) in [4.78, 5) is 14.2. The van der Waals surface area contributed by atoms with Crippen LogP contribution in [0.25, 0.3) is 0 Å². The van der Waals surface area contributed by atoms with Crippen molar-refractivity contribution in [1.29, 1.82) is 0 Å². The summed E-state index contributed by atoms with van der Waals surface area (Å²) in [6.45, 7) is 2.97. The highest BCUT2D eigenvalue weighted by Crippen LogP contribution is 2.16. The smallest absolute Gasteiger partial charge is 0.411 e. The molecule has 2 N–H and O–H groups in total. The molecule has 0 spiro atoms. The van der Waals surface area contributed by atoms with Gasteiger partial charge in [-0.05, 0) is 36.1 Å². The summed E-state index contributed by atoms with van der Waals surface area (Å²) in [5, 5.41) is 12.3. The lowest BCUT2D eigenvalue weighted by Crippen LogP contribution is -2.35. The Morgan fingerprint density at radius 3 is 2.40 bits per heavy atom. The Balaban J connectivity index is 1.44. The first kappa shape index (κ1) is 17.5. The van der Waals surface area contributed by atoms with Gasteiger partial charge in [0.25, 0.3) is 0 Å². The number of aliphatic hydroxyl groups is 1. The van der Waals surface area contributed by atoms with Gasteiger partial charge in [-0.3, -0.25) is 10.2 Å². The number of piperidine rings is 1. The minimum absolute atomic E-state index is 0.148. The van der Waals surface area contributed by atoms with Crippen LogP contribution in [0.4, 0.5) is 10.5 Å². The van der Waals surface area contributed by atoms with Crippen LogP contribution >= 0.6 is 0 Å². The van der Waals surface area contributed by atoms with Crippen molar-refractivity contribution in [2.24, 2.45) is 0 Å². The van der Waals surface area contributed by atoms with E-state index >= 15 is 0 Å². The van der Waals surface area contributed by atoms with Gasteiger partial charge in [-0.25, -0.2) is 4.79 Å². The molecule has 1 aliphatic rings. The van der Waals surface area contributed by atoms with E-state index in [1.807, 2.05) is 54.6 Å². The number of rotatable bonds is 5. The molecule has 3 rings (SSSR count). The molecular formula is C20H24N2O3. The first-order valence-corrected chi connectivity index (χ1v) is 8.66. The highest BCUT2D eigenvalue weighted by atomic mass is 16.5. The summed E-state index contributed by atoms with van der Waals surface area (Å²) in [6.07, 6.45) is 1.08. The molecule has 0 radical (unpaired) electrons. The largest absolute Gasteiger partial charge is 0.444 e. The Kier molecular flexibility index (Phi) is 6.04. The standard InChI is InChI=1S/C20H24N2O3/c23-19-10-12-22(13-11-19)14-16-6-8-18(9-7-16)21-20(24)25-15-17-4-2-1-3-5-17/h1-9,19,23H,10-15H2,(H,21,24). The van der Waals surface area contributed by atoms with Gasteiger partial charge in [0.15, 0.2) is 0 Å². The van der Waals surface area contributed by atoms with E-state index in [4.69, 9.17) is 4.74 Å². The maximum atomic E-state index is 11.9. The molecule has 0 saturated carbocycles. The van der Waals surface area contributed by atoms with Crippen LogP contribution in [0, 0.1) is 0 Å². The number of amides is 1. The van der Waals surface area contributed by atoms with E-state index in [2.05, 4.69) is 10.2 Å². The van der Waals surface area contributed by atoms with Crippen molar-refractivity contribution in [3.05, 3.63) is 65.7 Å². The fourth-order valence-electron chi connectivity index (χ4n) is 2.91. The summed E-state index contributed by atoms with van der Waals surface area (Å²) >= 11 is 0. The molecule has 0 bridgehead atoms. The highest BCUT2D eigenvalue weighted by Gasteiger charge is 2.16. The van der Waals surface area contributed by atoms with E-state index in [9.17, 15) is 9.90 Å². The van der Waals surface area contributed by atoms with Crippen LogP contribution in [-0.4, -0.2) is 35.3 Å². The maximum absolute atomic E-state index is 11.9. The molecule has 1 saturated heterocycles. The lowest BCUT2D eigenvalue weighted by molar-refractivity contribution is 0.0792. The third-order valence-electron chi connectivity index (χ3n) is 4.38. The number of nitrogens with zero attached hydrogens (tertiary/aromatic N) is 1. The van der Waals surface area contributed by atoms with E-state index in [0.717, 1.165) is 43.7 Å². The van der Waals surface area contributed by atoms with Gasteiger partial charge < -0.3 is 9.84 Å². The molecule has 0 atom stereocenters. The summed E-state index contributed by atoms with van der Waals surface area (Å²) in [5.74, 6) is 0. The fourth-order valence-corrected chi connectivity index (χ4v) is 2.91. The topological polar surface area (TPSA) is 61.8 Å². The van der Waals surface area contributed by atoms with Crippen LogP contribution in [0.3, 0.4) is 0 Å². The van der Waals surface area contributed by atoms with Crippen LogP contribution in [0.15, 0.2) is 54.6 Å². The Morgan fingerprint density at radius 1 is 1.04 bits per heavy atom. The molecule has 0 aliphatic carbocycles. The number of hydrogen-bond acceptors (Lipinski definition) is 4. The normalized spacial score (nSPS) is 15.7. The zero-order valence-corrected chi connectivity index (χ0v) is 14.2. The number of benzene rings is 2. The van der Waals surface area contributed by atoms with Crippen molar-refractivity contribution in [2.45, 2.75) is 32.1 Å². The second-order valence-electron chi connectivity index (χ2n) is 6.39. The number of carbonyl (C=O) groups excluding carboxylic acids is 1. The van der Waals surface area contributed by atoms with Crippen molar-refractivity contribution >= 4 is 11.8 Å². The molecule has 2 aromatic rings. The second kappa shape index (κ2) is 8.65. The number of anilines is 1. The number of nitrogens with one attached hydrogen (secondary N) is 1. The van der Waals surface area contributed by atoms with Crippen molar-refractivity contribution in [3.8, 4) is 0 Å². The monoisotopic (exact) mass is 340 g/mol. The summed E-state index contributed by atoms with van der Waals surface area (Å²) in [7, 11) is 0. The molecule has 2 aromatic carbocycles. The quantitative estimate of drug-likeness (QED) is 0.876. The van der Waals surface area contributed by atoms with Gasteiger partial charge in [0.05, 0.1) is 6.10 Å². The lowest BCUT2D eigenvalue weighted by Gasteiger charge is -2.29. The van der Waals surface area contributed by atoms with Crippen molar-refractivity contribution in [2.75, 3.05) is 18.4 Å². The maximum Gasteiger partial charge on any atom is 0.411 e. The Bertz CT molecular complexity index is 665. The molecular weight excluding hydrogens is 316 g/mol. The van der Waals surface area contributed by atoms with Gasteiger partial charge >= 0.3 is 6.09 Å². The molecule has 1 aliphatic heterocycles. The van der Waals surface area contributed by atoms with Gasteiger partial charge in [0, 0.05) is 25.3 Å². The molecule has 5 heteroatoms. The van der Waals surface area contributed by atoms with Gasteiger partial charge in [-0.1, -0.05) is 42.5 Å². The van der Waals surface area contributed by atoms with E-state index in [-0.39, 0.29) is 12.7 Å². The Hall–Kier alpha value is -2.37. The average Bonchev–Trinajstić information content (AvgIpc) is 2.64. The number of likely N-dealkylation sites (tertiary alicyclic amines) is 1. The third kappa shape index (κ3) is 5.59. The number of carbonyl (C=O) groups is 1. The van der Waals surface area contributed by atoms with Gasteiger partial charge in [0.1, 0.15) is 6.61 Å². The summed E-state index contributed by atoms with van der Waals surface area (Å²) in [5.41, 5.74) is 2.87. The van der Waals surface area contributed by atoms with E-state index in [0.29, 0.717) is 0 Å². The number of hydrogen-bond donors (Lipinski definition) is 2. The molecule has 5 nitrogen and oxygen atoms in total. The first-order valence-electron chi connectivity index (χ1n) is 8.66. The molecule has 0 unspecified atom stereocenters. The second-order valence-corrected chi connectivity index (χ2v) is 6.39. The van der Waals surface area contributed by atoms with Crippen molar-refractivity contribution < 1.29 is 14.6 Å². The third-order valence-corrected chi connectivity index (χ3v) is 4.38. The van der Waals surface area contributed by atoms with E-state index in [1.165, 1.54) is 5.56 Å². The number of ether oxygens (including phenoxy) is 1. The van der Waals surface area contributed by atoms with Crippen molar-refractivity contribution in [3.63, 3.8) is 0 Å². The van der Waals surface area contributed by atoms with Crippen LogP contribution in [-0.2, 0) is 17.9 Å². The lowest BCUT2D eigenvalue weighted by atomic mass is 10.1. The summed E-state index contributed by atoms with van der Waals surface area (Å²) < 4.78 is 5.21. The predicted octanol–water partition coefficient (Wildman–Crippen LogP) is 3.39. The van der Waals surface area contributed by atoms with Crippen LogP contribution in [0.5, 0.6) is 0 Å². The van der Waals surface area contributed by atoms with Gasteiger partial charge in [0.2, 0.25) is 0 Å². The Labute approximate surface area is 148 Å². The number of aliphatic hydroxyl groups excluding tert-OH is 1. The first-order chi connectivity index (χ1) is 12.2. The predicted molar refractivity (Wildman–Crippen MR) is 97.2 cm³/mol.